The van der Waals surface area contributed by atoms with E-state index in [1.54, 1.807) is 11.3 Å². The topological polar surface area (TPSA) is 68.0 Å². The zero-order chi connectivity index (χ0) is 12.4. The van der Waals surface area contributed by atoms with Crippen molar-refractivity contribution in [2.75, 3.05) is 0 Å². The molecule has 90 valence electrons. The number of hydrogen-bond acceptors (Lipinski definition) is 5. The number of aromatic nitrogens is 2. The normalized spacial score (nSPS) is 12.4. The van der Waals surface area contributed by atoms with Crippen molar-refractivity contribution in [1.29, 1.82) is 0 Å². The standard InChI is InChI=1S/C11H13N3O2S/c1-6(10-7(2)17-8(3)14-10)13-11(15)9-4-12-5-16-9/h4-6H,1-3H3,(H,13,15). The van der Waals surface area contributed by atoms with Gasteiger partial charge >= 0.3 is 0 Å². The summed E-state index contributed by atoms with van der Waals surface area (Å²) >= 11 is 1.62. The van der Waals surface area contributed by atoms with Crippen molar-refractivity contribution in [3.05, 3.63) is 33.9 Å². The third kappa shape index (κ3) is 2.52. The van der Waals surface area contributed by atoms with Gasteiger partial charge in [0, 0.05) is 4.88 Å². The Morgan fingerprint density at radius 3 is 2.82 bits per heavy atom. The van der Waals surface area contributed by atoms with Crippen LogP contribution in [0.4, 0.5) is 0 Å². The average Bonchev–Trinajstić information content (AvgIpc) is 2.87. The maximum absolute atomic E-state index is 11.7. The van der Waals surface area contributed by atoms with Crippen molar-refractivity contribution >= 4 is 17.2 Å². The Hall–Kier alpha value is -1.69. The summed E-state index contributed by atoms with van der Waals surface area (Å²) in [5.74, 6) is -0.0680. The van der Waals surface area contributed by atoms with Gasteiger partial charge in [0.1, 0.15) is 0 Å². The summed E-state index contributed by atoms with van der Waals surface area (Å²) in [4.78, 5) is 21.0. The molecule has 2 aromatic rings. The van der Waals surface area contributed by atoms with Gasteiger partial charge in [-0.25, -0.2) is 9.97 Å². The minimum absolute atomic E-state index is 0.141. The predicted molar refractivity (Wildman–Crippen MR) is 64.0 cm³/mol. The number of thiazole rings is 1. The maximum Gasteiger partial charge on any atom is 0.289 e. The molecule has 1 amide bonds. The molecule has 1 unspecified atom stereocenters. The quantitative estimate of drug-likeness (QED) is 0.908. The summed E-state index contributed by atoms with van der Waals surface area (Å²) in [6.45, 7) is 5.85. The number of rotatable bonds is 3. The van der Waals surface area contributed by atoms with Crippen molar-refractivity contribution < 1.29 is 9.21 Å². The van der Waals surface area contributed by atoms with Crippen molar-refractivity contribution in [1.82, 2.24) is 15.3 Å². The van der Waals surface area contributed by atoms with Gasteiger partial charge in [0.15, 0.2) is 6.39 Å². The van der Waals surface area contributed by atoms with Gasteiger partial charge in [0.2, 0.25) is 5.76 Å². The lowest BCUT2D eigenvalue weighted by atomic mass is 10.2. The van der Waals surface area contributed by atoms with Crippen LogP contribution < -0.4 is 5.32 Å². The molecule has 2 rings (SSSR count). The van der Waals surface area contributed by atoms with Crippen LogP contribution in [-0.4, -0.2) is 15.9 Å². The molecule has 17 heavy (non-hydrogen) atoms. The molecular weight excluding hydrogens is 238 g/mol. The summed E-state index contributed by atoms with van der Waals surface area (Å²) in [7, 11) is 0. The summed E-state index contributed by atoms with van der Waals surface area (Å²) in [5, 5.41) is 3.82. The first-order valence-electron chi connectivity index (χ1n) is 5.21. The van der Waals surface area contributed by atoms with Crippen LogP contribution in [0.1, 0.15) is 39.1 Å². The van der Waals surface area contributed by atoms with Crippen LogP contribution in [0, 0.1) is 13.8 Å². The minimum atomic E-state index is -0.278. The lowest BCUT2D eigenvalue weighted by molar-refractivity contribution is 0.0911. The summed E-state index contributed by atoms with van der Waals surface area (Å²) in [5.41, 5.74) is 0.903. The van der Waals surface area contributed by atoms with Crippen LogP contribution in [0.3, 0.4) is 0 Å². The molecular formula is C11H13N3O2S. The van der Waals surface area contributed by atoms with Gasteiger partial charge in [-0.2, -0.15) is 0 Å². The van der Waals surface area contributed by atoms with Crippen molar-refractivity contribution in [3.8, 4) is 0 Å². The van der Waals surface area contributed by atoms with E-state index < -0.39 is 0 Å². The molecule has 0 aromatic carbocycles. The highest BCUT2D eigenvalue weighted by Crippen LogP contribution is 2.22. The predicted octanol–water partition coefficient (Wildman–Crippen LogP) is 2.24. The van der Waals surface area contributed by atoms with Gasteiger partial charge in [-0.3, -0.25) is 4.79 Å². The van der Waals surface area contributed by atoms with Crippen molar-refractivity contribution in [2.24, 2.45) is 0 Å². The lowest BCUT2D eigenvalue weighted by Crippen LogP contribution is -2.26. The zero-order valence-electron chi connectivity index (χ0n) is 9.85. The second-order valence-electron chi connectivity index (χ2n) is 3.74. The Labute approximate surface area is 103 Å². The van der Waals surface area contributed by atoms with E-state index in [-0.39, 0.29) is 17.7 Å². The molecule has 0 aliphatic carbocycles. The first-order chi connectivity index (χ1) is 8.08. The van der Waals surface area contributed by atoms with Gasteiger partial charge in [0.25, 0.3) is 5.91 Å². The van der Waals surface area contributed by atoms with E-state index in [1.807, 2.05) is 20.8 Å². The fourth-order valence-corrected chi connectivity index (χ4v) is 2.52. The Morgan fingerprint density at radius 2 is 2.29 bits per heavy atom. The molecule has 0 radical (unpaired) electrons. The molecule has 0 aliphatic rings. The molecule has 0 bridgehead atoms. The molecule has 1 N–H and O–H groups in total. The smallest absolute Gasteiger partial charge is 0.289 e. The summed E-state index contributed by atoms with van der Waals surface area (Å²) < 4.78 is 4.93. The lowest BCUT2D eigenvalue weighted by Gasteiger charge is -2.11. The van der Waals surface area contributed by atoms with Gasteiger partial charge in [-0.1, -0.05) is 0 Å². The van der Waals surface area contributed by atoms with E-state index in [4.69, 9.17) is 4.42 Å². The van der Waals surface area contributed by atoms with E-state index in [2.05, 4.69) is 15.3 Å². The molecule has 0 saturated heterocycles. The molecule has 0 saturated carbocycles. The molecule has 0 fully saturated rings. The second kappa shape index (κ2) is 4.67. The first kappa shape index (κ1) is 11.8. The third-order valence-corrected chi connectivity index (χ3v) is 3.26. The fourth-order valence-electron chi connectivity index (χ4n) is 1.61. The SMILES string of the molecule is Cc1nc(C(C)NC(=O)c2cnco2)c(C)s1. The Kier molecular flexibility index (Phi) is 3.23. The second-order valence-corrected chi connectivity index (χ2v) is 5.14. The highest BCUT2D eigenvalue weighted by Gasteiger charge is 2.17. The van der Waals surface area contributed by atoms with Crippen LogP contribution in [0.5, 0.6) is 0 Å². The molecule has 0 aliphatic heterocycles. The number of oxazole rings is 1. The number of aryl methyl sites for hydroxylation is 2. The van der Waals surface area contributed by atoms with Crippen LogP contribution in [-0.2, 0) is 0 Å². The van der Waals surface area contributed by atoms with Gasteiger partial charge in [-0.15, -0.1) is 11.3 Å². The van der Waals surface area contributed by atoms with Gasteiger partial charge < -0.3 is 9.73 Å². The van der Waals surface area contributed by atoms with Crippen LogP contribution >= 0.6 is 11.3 Å². The van der Waals surface area contributed by atoms with Crippen molar-refractivity contribution in [2.45, 2.75) is 26.8 Å². The minimum Gasteiger partial charge on any atom is -0.438 e. The number of carbonyl (C=O) groups excluding carboxylic acids is 1. The Bertz CT molecular complexity index is 519. The highest BCUT2D eigenvalue weighted by molar-refractivity contribution is 7.11. The highest BCUT2D eigenvalue weighted by atomic mass is 32.1. The number of nitrogens with one attached hydrogen (secondary N) is 1. The molecule has 1 atom stereocenters. The Balaban J connectivity index is 2.09. The third-order valence-electron chi connectivity index (χ3n) is 2.35. The van der Waals surface area contributed by atoms with Crippen LogP contribution in [0.2, 0.25) is 0 Å². The fraction of sp³-hybridized carbons (Fsp3) is 0.364. The van der Waals surface area contributed by atoms with Crippen molar-refractivity contribution in [3.63, 3.8) is 0 Å². The van der Waals surface area contributed by atoms with Crippen LogP contribution in [0.25, 0.3) is 0 Å². The van der Waals surface area contributed by atoms with E-state index in [0.29, 0.717) is 0 Å². The summed E-state index contributed by atoms with van der Waals surface area (Å²) in [6, 6.07) is -0.141. The largest absolute Gasteiger partial charge is 0.438 e. The number of nitrogens with zero attached hydrogens (tertiary/aromatic N) is 2. The molecule has 6 heteroatoms. The van der Waals surface area contributed by atoms with Crippen LogP contribution in [0.15, 0.2) is 17.0 Å². The summed E-state index contributed by atoms with van der Waals surface area (Å²) in [6.07, 6.45) is 2.62. The molecule has 2 aromatic heterocycles. The van der Waals surface area contributed by atoms with E-state index in [1.165, 1.54) is 12.6 Å². The van der Waals surface area contributed by atoms with Gasteiger partial charge in [-0.05, 0) is 20.8 Å². The monoisotopic (exact) mass is 251 g/mol. The molecule has 0 spiro atoms. The maximum atomic E-state index is 11.7. The number of carbonyl (C=O) groups is 1. The Morgan fingerprint density at radius 1 is 1.53 bits per heavy atom. The molecule has 5 nitrogen and oxygen atoms in total. The van der Waals surface area contributed by atoms with E-state index >= 15 is 0 Å². The van der Waals surface area contributed by atoms with E-state index in [9.17, 15) is 4.79 Å². The number of hydrogen-bond donors (Lipinski definition) is 1. The van der Waals surface area contributed by atoms with Gasteiger partial charge in [0.05, 0.1) is 22.9 Å². The molecule has 2 heterocycles. The number of amides is 1. The van der Waals surface area contributed by atoms with E-state index in [0.717, 1.165) is 15.6 Å². The zero-order valence-corrected chi connectivity index (χ0v) is 10.7. The average molecular weight is 251 g/mol. The first-order valence-corrected chi connectivity index (χ1v) is 6.03.